The number of Topliss-reactive ketones (excluding diaryl/α,β-unsaturated/α-hetero) is 1. The fraction of sp³-hybridized carbons (Fsp3) is 0.417. The number of hydrogen-bond donors (Lipinski definition) is 1. The summed E-state index contributed by atoms with van der Waals surface area (Å²) in [6.45, 7) is 1.52. The summed E-state index contributed by atoms with van der Waals surface area (Å²) in [6, 6.07) is 5.90. The van der Waals surface area contributed by atoms with E-state index >= 15 is 0 Å². The lowest BCUT2D eigenvalue weighted by Gasteiger charge is -2.28. The molecule has 4 rings (SSSR count). The second-order valence-electron chi connectivity index (χ2n) is 8.90. The Morgan fingerprint density at radius 2 is 1.89 bits per heavy atom. The van der Waals surface area contributed by atoms with E-state index in [2.05, 4.69) is 15.0 Å². The SMILES string of the molecule is CCCC(NC(=O)c1ccc(OC(F)(F)F)cc1)C(=O)N1CCC2C1C(=O)CN2S(=O)(=O)c1ccccn1. The van der Waals surface area contributed by atoms with Crippen molar-refractivity contribution >= 4 is 27.6 Å². The van der Waals surface area contributed by atoms with Crippen LogP contribution in [-0.2, 0) is 19.6 Å². The van der Waals surface area contributed by atoms with Crippen molar-refractivity contribution in [2.24, 2.45) is 0 Å². The van der Waals surface area contributed by atoms with Gasteiger partial charge in [-0.25, -0.2) is 13.4 Å². The van der Waals surface area contributed by atoms with Crippen molar-refractivity contribution in [2.45, 2.75) is 55.7 Å². The number of halogens is 3. The van der Waals surface area contributed by atoms with Crippen molar-refractivity contribution < 1.29 is 40.7 Å². The molecule has 1 aromatic carbocycles. The Kier molecular flexibility index (Phi) is 7.74. The molecule has 2 aromatic rings. The monoisotopic (exact) mass is 554 g/mol. The summed E-state index contributed by atoms with van der Waals surface area (Å²) in [5, 5.41) is 2.40. The molecule has 2 fully saturated rings. The summed E-state index contributed by atoms with van der Waals surface area (Å²) in [5.41, 5.74) is 0.0114. The fourth-order valence-electron chi connectivity index (χ4n) is 4.76. The van der Waals surface area contributed by atoms with Crippen LogP contribution in [0.5, 0.6) is 5.75 Å². The molecule has 1 aromatic heterocycles. The number of sulfonamides is 1. The van der Waals surface area contributed by atoms with Crippen LogP contribution in [0.25, 0.3) is 0 Å². The Balaban J connectivity index is 1.48. The summed E-state index contributed by atoms with van der Waals surface area (Å²) >= 11 is 0. The third kappa shape index (κ3) is 5.65. The molecule has 3 unspecified atom stereocenters. The highest BCUT2D eigenvalue weighted by Gasteiger charge is 2.54. The molecule has 3 heterocycles. The summed E-state index contributed by atoms with van der Waals surface area (Å²) in [7, 11) is -4.06. The van der Waals surface area contributed by atoms with E-state index in [1.807, 2.05) is 0 Å². The average Bonchev–Trinajstić information content (AvgIpc) is 3.45. The number of nitrogens with one attached hydrogen (secondary N) is 1. The van der Waals surface area contributed by atoms with Gasteiger partial charge in [0.15, 0.2) is 10.8 Å². The van der Waals surface area contributed by atoms with E-state index in [0.29, 0.717) is 6.42 Å². The van der Waals surface area contributed by atoms with E-state index in [0.717, 1.165) is 28.6 Å². The molecule has 0 bridgehead atoms. The summed E-state index contributed by atoms with van der Waals surface area (Å²) in [6.07, 6.45) is -2.56. The van der Waals surface area contributed by atoms with Crippen LogP contribution in [0, 0.1) is 0 Å². The Morgan fingerprint density at radius 3 is 2.50 bits per heavy atom. The standard InChI is InChI=1S/C24H25F3N4O6S/c1-2-5-17(29-22(33)15-7-9-16(10-8-15)37-24(25,26)27)23(34)30-13-11-18-21(30)19(32)14-31(18)38(35,36)20-6-3-4-12-28-20/h3-4,6-10,12,17-18,21H,2,5,11,13-14H2,1H3,(H,29,33). The molecule has 2 saturated heterocycles. The maximum Gasteiger partial charge on any atom is 0.573 e. The Labute approximate surface area is 216 Å². The number of aromatic nitrogens is 1. The lowest BCUT2D eigenvalue weighted by Crippen LogP contribution is -2.52. The first-order valence-electron chi connectivity index (χ1n) is 11.8. The van der Waals surface area contributed by atoms with E-state index in [1.54, 1.807) is 13.0 Å². The van der Waals surface area contributed by atoms with E-state index in [9.17, 15) is 36.0 Å². The Bertz CT molecular complexity index is 1300. The number of benzene rings is 1. The van der Waals surface area contributed by atoms with Gasteiger partial charge in [0.25, 0.3) is 15.9 Å². The number of alkyl halides is 3. The number of rotatable bonds is 8. The fourth-order valence-corrected chi connectivity index (χ4v) is 6.32. The van der Waals surface area contributed by atoms with Gasteiger partial charge in [0.05, 0.1) is 12.6 Å². The van der Waals surface area contributed by atoms with E-state index < -0.39 is 64.4 Å². The Hall–Kier alpha value is -3.52. The molecule has 38 heavy (non-hydrogen) atoms. The molecule has 2 amide bonds. The third-order valence-corrected chi connectivity index (χ3v) is 8.19. The van der Waals surface area contributed by atoms with Crippen molar-refractivity contribution in [1.29, 1.82) is 0 Å². The molecule has 1 N–H and O–H groups in total. The number of hydrogen-bond acceptors (Lipinski definition) is 7. The lowest BCUT2D eigenvalue weighted by molar-refractivity contribution is -0.274. The molecule has 0 radical (unpaired) electrons. The van der Waals surface area contributed by atoms with E-state index in [1.165, 1.54) is 23.2 Å². The maximum absolute atomic E-state index is 13.5. The van der Waals surface area contributed by atoms with Crippen molar-refractivity contribution in [3.05, 3.63) is 54.2 Å². The minimum atomic E-state index is -4.87. The van der Waals surface area contributed by atoms with Gasteiger partial charge in [0, 0.05) is 18.3 Å². The third-order valence-electron chi connectivity index (χ3n) is 6.40. The van der Waals surface area contributed by atoms with Gasteiger partial charge in [-0.2, -0.15) is 4.31 Å². The van der Waals surface area contributed by atoms with Crippen molar-refractivity contribution in [3.8, 4) is 5.75 Å². The van der Waals surface area contributed by atoms with Crippen LogP contribution >= 0.6 is 0 Å². The molecule has 2 aliphatic heterocycles. The van der Waals surface area contributed by atoms with Crippen LogP contribution in [0.2, 0.25) is 0 Å². The van der Waals surface area contributed by atoms with Crippen LogP contribution in [-0.4, -0.2) is 77.8 Å². The zero-order valence-corrected chi connectivity index (χ0v) is 21.0. The molecular formula is C24H25F3N4O6S. The highest BCUT2D eigenvalue weighted by Crippen LogP contribution is 2.34. The number of fused-ring (bicyclic) bond motifs is 1. The molecule has 204 valence electrons. The maximum atomic E-state index is 13.5. The van der Waals surface area contributed by atoms with E-state index in [4.69, 9.17) is 0 Å². The van der Waals surface area contributed by atoms with Gasteiger partial charge in [-0.15, -0.1) is 13.2 Å². The predicted octanol–water partition coefficient (Wildman–Crippen LogP) is 2.12. The van der Waals surface area contributed by atoms with Crippen molar-refractivity contribution in [3.63, 3.8) is 0 Å². The van der Waals surface area contributed by atoms with Crippen LogP contribution in [0.4, 0.5) is 13.2 Å². The lowest BCUT2D eigenvalue weighted by atomic mass is 10.1. The van der Waals surface area contributed by atoms with Gasteiger partial charge in [-0.1, -0.05) is 19.4 Å². The first-order chi connectivity index (χ1) is 17.9. The summed E-state index contributed by atoms with van der Waals surface area (Å²) in [5.74, 6) is -2.15. The Morgan fingerprint density at radius 1 is 1.18 bits per heavy atom. The van der Waals surface area contributed by atoms with Gasteiger partial charge >= 0.3 is 6.36 Å². The normalized spacial score (nSPS) is 20.7. The van der Waals surface area contributed by atoms with Crippen LogP contribution in [0.1, 0.15) is 36.5 Å². The number of ketones is 1. The highest BCUT2D eigenvalue weighted by atomic mass is 32.2. The number of carbonyl (C=O) groups is 3. The second-order valence-corrected chi connectivity index (χ2v) is 10.7. The molecule has 2 aliphatic rings. The number of likely N-dealkylation sites (tertiary alicyclic amines) is 1. The van der Waals surface area contributed by atoms with Gasteiger partial charge in [-0.3, -0.25) is 14.4 Å². The van der Waals surface area contributed by atoms with E-state index in [-0.39, 0.29) is 30.0 Å². The highest BCUT2D eigenvalue weighted by molar-refractivity contribution is 7.89. The number of amides is 2. The molecular weight excluding hydrogens is 529 g/mol. The van der Waals surface area contributed by atoms with Crippen molar-refractivity contribution in [2.75, 3.05) is 13.1 Å². The van der Waals surface area contributed by atoms with Crippen LogP contribution < -0.4 is 10.1 Å². The average molecular weight is 555 g/mol. The van der Waals surface area contributed by atoms with Crippen LogP contribution in [0.3, 0.4) is 0 Å². The number of ether oxygens (including phenoxy) is 1. The van der Waals surface area contributed by atoms with Gasteiger partial charge in [0.1, 0.15) is 17.8 Å². The van der Waals surface area contributed by atoms with Gasteiger partial charge < -0.3 is 15.0 Å². The minimum absolute atomic E-state index is 0.0114. The van der Waals surface area contributed by atoms with Gasteiger partial charge in [0.2, 0.25) is 5.91 Å². The second kappa shape index (κ2) is 10.7. The number of pyridine rings is 1. The first-order valence-corrected chi connectivity index (χ1v) is 13.3. The summed E-state index contributed by atoms with van der Waals surface area (Å²) < 4.78 is 68.3. The zero-order valence-electron chi connectivity index (χ0n) is 20.2. The molecule has 14 heteroatoms. The molecule has 0 spiro atoms. The minimum Gasteiger partial charge on any atom is -0.406 e. The van der Waals surface area contributed by atoms with Crippen molar-refractivity contribution in [1.82, 2.24) is 19.5 Å². The summed E-state index contributed by atoms with van der Waals surface area (Å²) in [4.78, 5) is 44.3. The van der Waals surface area contributed by atoms with Gasteiger partial charge in [-0.05, 0) is 49.2 Å². The zero-order chi connectivity index (χ0) is 27.7. The smallest absolute Gasteiger partial charge is 0.406 e. The predicted molar refractivity (Wildman–Crippen MR) is 126 cm³/mol. The molecule has 3 atom stereocenters. The molecule has 10 nitrogen and oxygen atoms in total. The number of carbonyl (C=O) groups excluding carboxylic acids is 3. The number of nitrogens with zero attached hydrogens (tertiary/aromatic N) is 3. The quantitative estimate of drug-likeness (QED) is 0.530. The molecule has 0 saturated carbocycles. The topological polar surface area (TPSA) is 126 Å². The van der Waals surface area contributed by atoms with Crippen LogP contribution in [0.15, 0.2) is 53.7 Å². The first kappa shape index (κ1) is 27.5. The largest absolute Gasteiger partial charge is 0.573 e. The molecule has 0 aliphatic carbocycles.